The van der Waals surface area contributed by atoms with Gasteiger partial charge in [-0.3, -0.25) is 0 Å². The predicted octanol–water partition coefficient (Wildman–Crippen LogP) is 4.35. The average Bonchev–Trinajstić information content (AvgIpc) is 2.86. The molecule has 0 aliphatic carbocycles. The highest BCUT2D eigenvalue weighted by Crippen LogP contribution is 2.25. The van der Waals surface area contributed by atoms with Gasteiger partial charge >= 0.3 is 0 Å². The molecule has 0 bridgehead atoms. The highest BCUT2D eigenvalue weighted by atomic mass is 79.9. The van der Waals surface area contributed by atoms with E-state index in [1.807, 2.05) is 5.51 Å². The van der Waals surface area contributed by atoms with Gasteiger partial charge in [0.05, 0.1) is 17.7 Å². The Bertz CT molecular complexity index is 583. The second-order valence-electron chi connectivity index (χ2n) is 5.17. The van der Waals surface area contributed by atoms with Gasteiger partial charge < -0.3 is 10.2 Å². The summed E-state index contributed by atoms with van der Waals surface area (Å²) >= 11 is 5.40. The van der Waals surface area contributed by atoms with Crippen LogP contribution in [0.4, 0.5) is 5.69 Å². The van der Waals surface area contributed by atoms with Crippen LogP contribution in [0.25, 0.3) is 0 Å². The van der Waals surface area contributed by atoms with Crippen molar-refractivity contribution in [3.05, 3.63) is 44.3 Å². The van der Waals surface area contributed by atoms with E-state index in [2.05, 4.69) is 70.2 Å². The first-order valence-electron chi connectivity index (χ1n) is 7.21. The summed E-state index contributed by atoms with van der Waals surface area (Å²) in [5.74, 6) is 0. The van der Waals surface area contributed by atoms with Gasteiger partial charge in [-0.15, -0.1) is 11.3 Å². The topological polar surface area (TPSA) is 28.2 Å². The molecule has 1 aromatic carbocycles. The maximum absolute atomic E-state index is 4.31. The molecule has 0 fully saturated rings. The van der Waals surface area contributed by atoms with Crippen LogP contribution in [0.1, 0.15) is 29.5 Å². The van der Waals surface area contributed by atoms with Gasteiger partial charge in [-0.2, -0.15) is 0 Å². The number of halogens is 1. The number of anilines is 1. The van der Waals surface area contributed by atoms with Crippen LogP contribution in [0.3, 0.4) is 0 Å². The van der Waals surface area contributed by atoms with E-state index in [1.54, 1.807) is 11.3 Å². The number of rotatable bonds is 7. The van der Waals surface area contributed by atoms with Crippen molar-refractivity contribution in [3.8, 4) is 0 Å². The van der Waals surface area contributed by atoms with E-state index in [0.717, 1.165) is 36.2 Å². The number of nitrogens with zero attached hydrogens (tertiary/aromatic N) is 2. The van der Waals surface area contributed by atoms with E-state index in [0.29, 0.717) is 0 Å². The molecule has 0 aliphatic heterocycles. The van der Waals surface area contributed by atoms with Crippen molar-refractivity contribution in [1.29, 1.82) is 0 Å². The van der Waals surface area contributed by atoms with Crippen LogP contribution >= 0.6 is 27.3 Å². The van der Waals surface area contributed by atoms with Gasteiger partial charge in [0.25, 0.3) is 0 Å². The summed E-state index contributed by atoms with van der Waals surface area (Å²) in [7, 11) is 2.12. The molecule has 21 heavy (non-hydrogen) atoms. The lowest BCUT2D eigenvalue weighted by atomic mass is 10.2. The number of aromatic nitrogens is 1. The van der Waals surface area contributed by atoms with E-state index < -0.39 is 0 Å². The highest BCUT2D eigenvalue weighted by molar-refractivity contribution is 9.10. The summed E-state index contributed by atoms with van der Waals surface area (Å²) in [6.45, 7) is 7.11. The number of aryl methyl sites for hydroxylation is 1. The highest BCUT2D eigenvalue weighted by Gasteiger charge is 2.08. The van der Waals surface area contributed by atoms with Crippen molar-refractivity contribution in [2.75, 3.05) is 18.5 Å². The summed E-state index contributed by atoms with van der Waals surface area (Å²) in [4.78, 5) is 7.89. The van der Waals surface area contributed by atoms with Crippen molar-refractivity contribution in [3.63, 3.8) is 0 Å². The van der Waals surface area contributed by atoms with Crippen LogP contribution in [0, 0.1) is 6.92 Å². The van der Waals surface area contributed by atoms with Gasteiger partial charge in [0.15, 0.2) is 0 Å². The molecule has 1 heterocycles. The minimum atomic E-state index is 0.899. The number of hydrogen-bond acceptors (Lipinski definition) is 4. The fourth-order valence-corrected chi connectivity index (χ4v) is 3.44. The average molecular weight is 368 g/mol. The van der Waals surface area contributed by atoms with E-state index in [9.17, 15) is 0 Å². The minimum absolute atomic E-state index is 0.899. The molecule has 3 nitrogen and oxygen atoms in total. The second kappa shape index (κ2) is 7.92. The van der Waals surface area contributed by atoms with Crippen LogP contribution in [-0.4, -0.2) is 18.6 Å². The Morgan fingerprint density at radius 1 is 1.38 bits per heavy atom. The summed E-state index contributed by atoms with van der Waals surface area (Å²) in [5.41, 5.74) is 5.56. The lowest BCUT2D eigenvalue weighted by molar-refractivity contribution is 0.674. The van der Waals surface area contributed by atoms with E-state index in [-0.39, 0.29) is 0 Å². The molecule has 2 rings (SSSR count). The molecular weight excluding hydrogens is 346 g/mol. The third-order valence-electron chi connectivity index (χ3n) is 3.45. The van der Waals surface area contributed by atoms with Crippen LogP contribution in [-0.2, 0) is 13.1 Å². The molecule has 114 valence electrons. The fourth-order valence-electron chi connectivity index (χ4n) is 2.10. The standard InChI is InChI=1S/C16H22BrN3S/c1-4-7-18-9-13-5-6-14(8-15(13)17)20(3)10-16-12(2)19-11-21-16/h5-6,8,11,18H,4,7,9-10H2,1-3H3. The molecule has 0 saturated heterocycles. The first-order chi connectivity index (χ1) is 10.1. The zero-order valence-electron chi connectivity index (χ0n) is 12.8. The van der Waals surface area contributed by atoms with Gasteiger partial charge in [-0.05, 0) is 37.6 Å². The first kappa shape index (κ1) is 16.5. The molecule has 5 heteroatoms. The lowest BCUT2D eigenvalue weighted by Crippen LogP contribution is -2.17. The SMILES string of the molecule is CCCNCc1ccc(N(C)Cc2scnc2C)cc1Br. The third kappa shape index (κ3) is 4.53. The maximum atomic E-state index is 4.31. The van der Waals surface area contributed by atoms with Crippen LogP contribution in [0.2, 0.25) is 0 Å². The molecule has 1 aromatic heterocycles. The Balaban J connectivity index is 2.03. The molecule has 0 amide bonds. The van der Waals surface area contributed by atoms with Crippen molar-refractivity contribution in [2.24, 2.45) is 0 Å². The fraction of sp³-hybridized carbons (Fsp3) is 0.438. The van der Waals surface area contributed by atoms with Crippen LogP contribution < -0.4 is 10.2 Å². The van der Waals surface area contributed by atoms with Crippen molar-refractivity contribution in [2.45, 2.75) is 33.4 Å². The van der Waals surface area contributed by atoms with E-state index >= 15 is 0 Å². The van der Waals surface area contributed by atoms with Gasteiger partial charge in [-0.1, -0.05) is 28.9 Å². The Labute approximate surface area is 139 Å². The quantitative estimate of drug-likeness (QED) is 0.737. The van der Waals surface area contributed by atoms with Crippen molar-refractivity contribution >= 4 is 33.0 Å². The van der Waals surface area contributed by atoms with E-state index in [4.69, 9.17) is 0 Å². The minimum Gasteiger partial charge on any atom is -0.369 e. The molecule has 0 unspecified atom stereocenters. The number of benzene rings is 1. The van der Waals surface area contributed by atoms with Gasteiger partial charge in [-0.25, -0.2) is 4.98 Å². The summed E-state index contributed by atoms with van der Waals surface area (Å²) in [6, 6.07) is 6.57. The number of hydrogen-bond donors (Lipinski definition) is 1. The Morgan fingerprint density at radius 2 is 2.19 bits per heavy atom. The second-order valence-corrected chi connectivity index (χ2v) is 6.96. The van der Waals surface area contributed by atoms with Crippen LogP contribution in [0.5, 0.6) is 0 Å². The predicted molar refractivity (Wildman–Crippen MR) is 95.1 cm³/mol. The van der Waals surface area contributed by atoms with Gasteiger partial charge in [0, 0.05) is 28.6 Å². The first-order valence-corrected chi connectivity index (χ1v) is 8.88. The zero-order valence-corrected chi connectivity index (χ0v) is 15.2. The Morgan fingerprint density at radius 3 is 2.81 bits per heavy atom. The van der Waals surface area contributed by atoms with E-state index in [1.165, 1.54) is 16.1 Å². The normalized spacial score (nSPS) is 10.9. The molecular formula is C16H22BrN3S. The largest absolute Gasteiger partial charge is 0.369 e. The Hall–Kier alpha value is -0.910. The molecule has 1 N–H and O–H groups in total. The third-order valence-corrected chi connectivity index (χ3v) is 5.10. The smallest absolute Gasteiger partial charge is 0.0798 e. The molecule has 0 spiro atoms. The van der Waals surface area contributed by atoms with Crippen molar-refractivity contribution in [1.82, 2.24) is 10.3 Å². The lowest BCUT2D eigenvalue weighted by Gasteiger charge is -2.20. The van der Waals surface area contributed by atoms with Gasteiger partial charge in [0.1, 0.15) is 0 Å². The number of nitrogens with one attached hydrogen (secondary N) is 1. The summed E-state index contributed by atoms with van der Waals surface area (Å²) < 4.78 is 1.16. The molecule has 0 radical (unpaired) electrons. The Kier molecular flexibility index (Phi) is 6.21. The molecule has 2 aromatic rings. The molecule has 0 saturated carbocycles. The summed E-state index contributed by atoms with van der Waals surface area (Å²) in [6.07, 6.45) is 1.16. The van der Waals surface area contributed by atoms with Gasteiger partial charge in [0.2, 0.25) is 0 Å². The zero-order chi connectivity index (χ0) is 15.2. The monoisotopic (exact) mass is 367 g/mol. The van der Waals surface area contributed by atoms with Crippen LogP contribution in [0.15, 0.2) is 28.2 Å². The number of thiazole rings is 1. The summed E-state index contributed by atoms with van der Waals surface area (Å²) in [5, 5.41) is 3.43. The molecule has 0 atom stereocenters. The molecule has 0 aliphatic rings. The van der Waals surface area contributed by atoms with Crippen molar-refractivity contribution < 1.29 is 0 Å². The maximum Gasteiger partial charge on any atom is 0.0798 e.